The number of fused-ring (bicyclic) bond motifs is 1. The van der Waals surface area contributed by atoms with Crippen LogP contribution in [0.25, 0.3) is 0 Å². The Morgan fingerprint density at radius 1 is 0.912 bits per heavy atom. The maximum absolute atomic E-state index is 13.9. The first kappa shape index (κ1) is 22.0. The Kier molecular flexibility index (Phi) is 5.95. The summed E-state index contributed by atoms with van der Waals surface area (Å²) in [6.45, 7) is 2.00. The summed E-state index contributed by atoms with van der Waals surface area (Å²) in [5, 5.41) is 0.575. The molecule has 1 aliphatic rings. The third kappa shape index (κ3) is 3.99. The molecule has 0 fully saturated rings. The molecule has 4 aromatic rings. The molecule has 0 saturated carbocycles. The highest BCUT2D eigenvalue weighted by Crippen LogP contribution is 2.43. The van der Waals surface area contributed by atoms with Crippen molar-refractivity contribution in [3.8, 4) is 0 Å². The number of anilines is 2. The Labute approximate surface area is 203 Å². The van der Waals surface area contributed by atoms with Gasteiger partial charge in [0.1, 0.15) is 0 Å². The van der Waals surface area contributed by atoms with Crippen LogP contribution in [0.4, 0.5) is 11.4 Å². The SMILES string of the molecule is C[C@@H]1C[C@@H](N(C(=O)c2ccc(Cl)cc2)c2ccccc2)c2ccccc2N1C(=O)c1ccco1. The van der Waals surface area contributed by atoms with Gasteiger partial charge in [-0.25, -0.2) is 0 Å². The number of benzene rings is 3. The monoisotopic (exact) mass is 470 g/mol. The van der Waals surface area contributed by atoms with E-state index in [9.17, 15) is 9.59 Å². The highest BCUT2D eigenvalue weighted by molar-refractivity contribution is 6.30. The first-order chi connectivity index (χ1) is 16.5. The summed E-state index contributed by atoms with van der Waals surface area (Å²) in [6.07, 6.45) is 2.07. The Morgan fingerprint density at radius 3 is 2.32 bits per heavy atom. The third-order valence-electron chi connectivity index (χ3n) is 6.17. The lowest BCUT2D eigenvalue weighted by molar-refractivity contribution is 0.0944. The molecule has 0 spiro atoms. The molecule has 1 aliphatic heterocycles. The van der Waals surface area contributed by atoms with Crippen LogP contribution in [-0.2, 0) is 0 Å². The number of carbonyl (C=O) groups is 2. The van der Waals surface area contributed by atoms with Gasteiger partial charge in [-0.05, 0) is 73.5 Å². The predicted octanol–water partition coefficient (Wildman–Crippen LogP) is 6.76. The fourth-order valence-electron chi connectivity index (χ4n) is 4.61. The van der Waals surface area contributed by atoms with Crippen LogP contribution in [-0.4, -0.2) is 17.9 Å². The zero-order valence-electron chi connectivity index (χ0n) is 18.6. The molecule has 34 heavy (non-hydrogen) atoms. The average Bonchev–Trinajstić information content (AvgIpc) is 3.40. The highest BCUT2D eigenvalue weighted by atomic mass is 35.5. The zero-order valence-corrected chi connectivity index (χ0v) is 19.4. The Morgan fingerprint density at radius 2 is 1.62 bits per heavy atom. The minimum absolute atomic E-state index is 0.124. The van der Waals surface area contributed by atoms with Gasteiger partial charge in [0.2, 0.25) is 0 Å². The second kappa shape index (κ2) is 9.20. The van der Waals surface area contributed by atoms with Gasteiger partial charge in [0.15, 0.2) is 5.76 Å². The number of rotatable bonds is 4. The van der Waals surface area contributed by atoms with E-state index in [1.54, 1.807) is 41.3 Å². The largest absolute Gasteiger partial charge is 0.459 e. The molecule has 0 unspecified atom stereocenters. The second-order valence-corrected chi connectivity index (χ2v) is 8.77. The van der Waals surface area contributed by atoms with E-state index in [0.29, 0.717) is 17.0 Å². The van der Waals surface area contributed by atoms with Crippen LogP contribution >= 0.6 is 11.6 Å². The van der Waals surface area contributed by atoms with Crippen LogP contribution in [0.3, 0.4) is 0 Å². The maximum Gasteiger partial charge on any atom is 0.294 e. The molecule has 0 aliphatic carbocycles. The lowest BCUT2D eigenvalue weighted by Crippen LogP contribution is -2.47. The van der Waals surface area contributed by atoms with Gasteiger partial charge in [-0.3, -0.25) is 9.59 Å². The van der Waals surface area contributed by atoms with E-state index in [1.165, 1.54) is 6.26 Å². The van der Waals surface area contributed by atoms with Gasteiger partial charge in [0.25, 0.3) is 11.8 Å². The van der Waals surface area contributed by atoms with Crippen molar-refractivity contribution in [3.63, 3.8) is 0 Å². The van der Waals surface area contributed by atoms with Gasteiger partial charge in [-0.1, -0.05) is 48.0 Å². The van der Waals surface area contributed by atoms with Crippen molar-refractivity contribution in [1.29, 1.82) is 0 Å². The zero-order chi connectivity index (χ0) is 23.7. The summed E-state index contributed by atoms with van der Waals surface area (Å²) in [7, 11) is 0. The molecule has 0 N–H and O–H groups in total. The van der Waals surface area contributed by atoms with E-state index in [4.69, 9.17) is 16.0 Å². The standard InChI is InChI=1S/C28H23ClN2O3/c1-19-18-25(23-10-5-6-11-24(23)30(19)28(33)26-12-7-17-34-26)31(22-8-3-2-4-9-22)27(32)20-13-15-21(29)16-14-20/h2-17,19,25H,18H2,1H3/t19-,25-/m1/s1. The fraction of sp³-hybridized carbons (Fsp3) is 0.143. The van der Waals surface area contributed by atoms with E-state index in [2.05, 4.69) is 0 Å². The number of para-hydroxylation sites is 2. The molecule has 0 radical (unpaired) electrons. The summed E-state index contributed by atoms with van der Waals surface area (Å²) in [5.74, 6) is -0.0309. The maximum atomic E-state index is 13.9. The van der Waals surface area contributed by atoms with Crippen LogP contribution in [0.1, 0.15) is 45.9 Å². The van der Waals surface area contributed by atoms with Crippen LogP contribution in [0, 0.1) is 0 Å². The predicted molar refractivity (Wildman–Crippen MR) is 133 cm³/mol. The Bertz CT molecular complexity index is 1300. The Balaban J connectivity index is 1.61. The van der Waals surface area contributed by atoms with E-state index in [1.807, 2.05) is 66.4 Å². The van der Waals surface area contributed by atoms with Crippen molar-refractivity contribution in [2.75, 3.05) is 9.80 Å². The number of hydrogen-bond donors (Lipinski definition) is 0. The number of furan rings is 1. The fourth-order valence-corrected chi connectivity index (χ4v) is 4.74. The topological polar surface area (TPSA) is 53.8 Å². The van der Waals surface area contributed by atoms with E-state index < -0.39 is 0 Å². The number of amides is 2. The Hall–Kier alpha value is -3.83. The highest BCUT2D eigenvalue weighted by Gasteiger charge is 2.39. The number of carbonyl (C=O) groups excluding carboxylic acids is 2. The van der Waals surface area contributed by atoms with Gasteiger partial charge in [0.05, 0.1) is 12.3 Å². The van der Waals surface area contributed by atoms with Crippen LogP contribution in [0.2, 0.25) is 5.02 Å². The van der Waals surface area contributed by atoms with E-state index in [-0.39, 0.29) is 29.7 Å². The molecular formula is C28H23ClN2O3. The van der Waals surface area contributed by atoms with Crippen LogP contribution < -0.4 is 9.80 Å². The van der Waals surface area contributed by atoms with Gasteiger partial charge in [-0.15, -0.1) is 0 Å². The quantitative estimate of drug-likeness (QED) is 0.331. The molecule has 170 valence electrons. The summed E-state index contributed by atoms with van der Waals surface area (Å²) in [5.41, 5.74) is 3.02. The lowest BCUT2D eigenvalue weighted by atomic mass is 9.89. The smallest absolute Gasteiger partial charge is 0.294 e. The number of nitrogens with zero attached hydrogens (tertiary/aromatic N) is 2. The molecule has 0 saturated heterocycles. The summed E-state index contributed by atoms with van der Waals surface area (Å²) in [6, 6.07) is 27.3. The normalized spacial score (nSPS) is 17.2. The van der Waals surface area contributed by atoms with Crippen molar-refractivity contribution in [2.45, 2.75) is 25.4 Å². The van der Waals surface area contributed by atoms with Crippen molar-refractivity contribution >= 4 is 34.8 Å². The van der Waals surface area contributed by atoms with Crippen LogP contribution in [0.15, 0.2) is 102 Å². The summed E-state index contributed by atoms with van der Waals surface area (Å²) in [4.78, 5) is 30.8. The average molecular weight is 471 g/mol. The minimum atomic E-state index is -0.266. The van der Waals surface area contributed by atoms with Crippen molar-refractivity contribution in [1.82, 2.24) is 0 Å². The van der Waals surface area contributed by atoms with E-state index in [0.717, 1.165) is 16.9 Å². The van der Waals surface area contributed by atoms with E-state index >= 15 is 0 Å². The van der Waals surface area contributed by atoms with Crippen molar-refractivity contribution in [3.05, 3.63) is 119 Å². The van der Waals surface area contributed by atoms with Crippen molar-refractivity contribution < 1.29 is 14.0 Å². The summed E-state index contributed by atoms with van der Waals surface area (Å²) >= 11 is 6.07. The lowest BCUT2D eigenvalue weighted by Gasteiger charge is -2.43. The molecule has 6 heteroatoms. The molecule has 1 aromatic heterocycles. The van der Waals surface area contributed by atoms with Gasteiger partial charge in [-0.2, -0.15) is 0 Å². The summed E-state index contributed by atoms with van der Waals surface area (Å²) < 4.78 is 5.39. The molecule has 0 bridgehead atoms. The molecule has 2 atom stereocenters. The van der Waals surface area contributed by atoms with Crippen molar-refractivity contribution in [2.24, 2.45) is 0 Å². The molecule has 5 rings (SSSR count). The van der Waals surface area contributed by atoms with Gasteiger partial charge in [0, 0.05) is 28.0 Å². The first-order valence-corrected chi connectivity index (χ1v) is 11.5. The minimum Gasteiger partial charge on any atom is -0.459 e. The van der Waals surface area contributed by atoms with Gasteiger partial charge >= 0.3 is 0 Å². The molecule has 3 aromatic carbocycles. The molecular weight excluding hydrogens is 448 g/mol. The number of hydrogen-bond acceptors (Lipinski definition) is 3. The van der Waals surface area contributed by atoms with Crippen LogP contribution in [0.5, 0.6) is 0 Å². The first-order valence-electron chi connectivity index (χ1n) is 11.1. The van der Waals surface area contributed by atoms with Gasteiger partial charge < -0.3 is 14.2 Å². The second-order valence-electron chi connectivity index (χ2n) is 8.33. The number of halogens is 1. The third-order valence-corrected chi connectivity index (χ3v) is 6.42. The molecule has 2 amide bonds. The molecule has 2 heterocycles. The molecule has 5 nitrogen and oxygen atoms in total.